The van der Waals surface area contributed by atoms with Crippen molar-refractivity contribution >= 4 is 23.0 Å². The summed E-state index contributed by atoms with van der Waals surface area (Å²) < 4.78 is 0. The monoisotopic (exact) mass is 445 g/mol. The van der Waals surface area contributed by atoms with E-state index in [1.54, 1.807) is 0 Å². The van der Waals surface area contributed by atoms with Crippen molar-refractivity contribution in [3.63, 3.8) is 0 Å². The van der Waals surface area contributed by atoms with Crippen LogP contribution in [0.25, 0.3) is 22.3 Å². The summed E-state index contributed by atoms with van der Waals surface area (Å²) in [6.07, 6.45) is 0. The lowest BCUT2D eigenvalue weighted by atomic mass is 9.89. The zero-order valence-corrected chi connectivity index (χ0v) is 20.8. The van der Waals surface area contributed by atoms with Crippen molar-refractivity contribution in [2.45, 2.75) is 20.8 Å². The third kappa shape index (κ3) is 6.45. The fraction of sp³-hybridized carbons (Fsp3) is 0.286. The van der Waals surface area contributed by atoms with E-state index < -0.39 is 5.97 Å². The SMILES string of the molecule is CC(=O)[O-].[CH2+]c1cc(-c2ccc(N(C)C)cc2)c(NCC)c(C)c1-c1ccc(N(C)C)cc1. The Kier molecular flexibility index (Phi) is 8.80. The first-order valence-corrected chi connectivity index (χ1v) is 11.0. The van der Waals surface area contributed by atoms with Crippen LogP contribution in [0.2, 0.25) is 0 Å². The van der Waals surface area contributed by atoms with Gasteiger partial charge in [-0.05, 0) is 62.7 Å². The van der Waals surface area contributed by atoms with Crippen molar-refractivity contribution in [2.75, 3.05) is 49.9 Å². The van der Waals surface area contributed by atoms with Gasteiger partial charge in [-0.3, -0.25) is 0 Å². The number of benzene rings is 3. The Balaban J connectivity index is 0.000000890. The fourth-order valence-electron chi connectivity index (χ4n) is 3.79. The molecule has 3 aromatic rings. The van der Waals surface area contributed by atoms with Crippen LogP contribution in [0, 0.1) is 13.8 Å². The third-order valence-electron chi connectivity index (χ3n) is 5.38. The van der Waals surface area contributed by atoms with Gasteiger partial charge in [0.15, 0.2) is 0 Å². The summed E-state index contributed by atoms with van der Waals surface area (Å²) in [6, 6.07) is 19.6. The molecule has 0 radical (unpaired) electrons. The molecular weight excluding hydrogens is 410 g/mol. The van der Waals surface area contributed by atoms with Crippen molar-refractivity contribution in [1.82, 2.24) is 0 Å². The Morgan fingerprint density at radius 1 is 0.909 bits per heavy atom. The first-order chi connectivity index (χ1) is 15.6. The predicted molar refractivity (Wildman–Crippen MR) is 140 cm³/mol. The highest BCUT2D eigenvalue weighted by molar-refractivity contribution is 5.89. The molecule has 0 aromatic heterocycles. The first-order valence-electron chi connectivity index (χ1n) is 11.0. The van der Waals surface area contributed by atoms with Crippen molar-refractivity contribution in [1.29, 1.82) is 0 Å². The van der Waals surface area contributed by atoms with E-state index in [-0.39, 0.29) is 0 Å². The number of rotatable bonds is 6. The van der Waals surface area contributed by atoms with Gasteiger partial charge in [-0.25, -0.2) is 0 Å². The minimum Gasteiger partial charge on any atom is -0.550 e. The number of nitrogens with one attached hydrogen (secondary N) is 1. The van der Waals surface area contributed by atoms with Gasteiger partial charge in [0.1, 0.15) is 5.56 Å². The average molecular weight is 446 g/mol. The second kappa shape index (κ2) is 11.3. The average Bonchev–Trinajstić information content (AvgIpc) is 2.75. The van der Waals surface area contributed by atoms with Gasteiger partial charge in [0.05, 0.1) is 22.9 Å². The lowest BCUT2D eigenvalue weighted by Gasteiger charge is -2.17. The Morgan fingerprint density at radius 2 is 1.33 bits per heavy atom. The van der Waals surface area contributed by atoms with Gasteiger partial charge in [0.2, 0.25) is 0 Å². The highest BCUT2D eigenvalue weighted by Gasteiger charge is 2.22. The highest BCUT2D eigenvalue weighted by atomic mass is 16.4. The van der Waals surface area contributed by atoms with Crippen LogP contribution >= 0.6 is 0 Å². The summed E-state index contributed by atoms with van der Waals surface area (Å²) in [7, 11) is 8.25. The van der Waals surface area contributed by atoms with E-state index in [1.165, 1.54) is 44.9 Å². The van der Waals surface area contributed by atoms with Gasteiger partial charge in [0.25, 0.3) is 0 Å². The molecule has 0 bridgehead atoms. The molecule has 3 aromatic carbocycles. The maximum absolute atomic E-state index is 8.89. The molecule has 0 atom stereocenters. The van der Waals surface area contributed by atoms with Crippen molar-refractivity contribution in [2.24, 2.45) is 0 Å². The summed E-state index contributed by atoms with van der Waals surface area (Å²) in [4.78, 5) is 13.1. The lowest BCUT2D eigenvalue weighted by molar-refractivity contribution is -0.302. The molecule has 0 aliphatic carbocycles. The number of hydrogen-bond acceptors (Lipinski definition) is 5. The maximum Gasteiger partial charge on any atom is 0.135 e. The van der Waals surface area contributed by atoms with Gasteiger partial charge in [-0.15, -0.1) is 0 Å². The topological polar surface area (TPSA) is 58.6 Å². The summed E-state index contributed by atoms with van der Waals surface area (Å²) in [5, 5.41) is 12.5. The van der Waals surface area contributed by atoms with Crippen LogP contribution in [0.5, 0.6) is 0 Å². The second-order valence-electron chi connectivity index (χ2n) is 8.36. The normalized spacial score (nSPS) is 10.2. The molecule has 3 rings (SSSR count). The molecule has 174 valence electrons. The molecule has 5 heteroatoms. The van der Waals surface area contributed by atoms with E-state index >= 15 is 0 Å². The Labute approximate surface area is 198 Å². The van der Waals surface area contributed by atoms with E-state index in [0.29, 0.717) is 0 Å². The van der Waals surface area contributed by atoms with Gasteiger partial charge in [0, 0.05) is 70.1 Å². The molecular formula is C28H35N3O2. The molecule has 0 unspecified atom stereocenters. The number of carboxylic acid groups (broad SMARTS) is 1. The minimum absolute atomic E-state index is 0.874. The van der Waals surface area contributed by atoms with E-state index in [0.717, 1.165) is 19.0 Å². The van der Waals surface area contributed by atoms with Crippen molar-refractivity contribution in [3.8, 4) is 22.3 Å². The number of carbonyl (C=O) groups excluding carboxylic acids is 1. The van der Waals surface area contributed by atoms with Crippen LogP contribution in [0.3, 0.4) is 0 Å². The van der Waals surface area contributed by atoms with Crippen LogP contribution in [0.4, 0.5) is 17.1 Å². The molecule has 0 aliphatic heterocycles. The molecule has 0 amide bonds. The molecule has 0 saturated heterocycles. The van der Waals surface area contributed by atoms with Crippen LogP contribution in [-0.4, -0.2) is 40.7 Å². The maximum atomic E-state index is 8.89. The fourth-order valence-corrected chi connectivity index (χ4v) is 3.79. The number of carbonyl (C=O) groups is 1. The summed E-state index contributed by atoms with van der Waals surface area (Å²) >= 11 is 0. The molecule has 0 aliphatic rings. The van der Waals surface area contributed by atoms with Gasteiger partial charge < -0.3 is 25.0 Å². The van der Waals surface area contributed by atoms with Crippen LogP contribution in [-0.2, 0) is 4.79 Å². The molecule has 1 N–H and O–H groups in total. The molecule has 0 fully saturated rings. The smallest absolute Gasteiger partial charge is 0.135 e. The largest absolute Gasteiger partial charge is 0.550 e. The summed E-state index contributed by atoms with van der Waals surface area (Å²) in [5.41, 5.74) is 10.7. The Hall–Kier alpha value is -3.60. The summed E-state index contributed by atoms with van der Waals surface area (Å²) in [5.74, 6) is -1.08. The van der Waals surface area contributed by atoms with Gasteiger partial charge in [-0.2, -0.15) is 0 Å². The molecule has 5 nitrogen and oxygen atoms in total. The number of aliphatic carboxylic acids is 1. The van der Waals surface area contributed by atoms with E-state index in [2.05, 4.69) is 119 Å². The molecule has 0 saturated carbocycles. The third-order valence-corrected chi connectivity index (χ3v) is 5.38. The van der Waals surface area contributed by atoms with E-state index in [4.69, 9.17) is 9.90 Å². The molecule has 33 heavy (non-hydrogen) atoms. The number of nitrogens with zero attached hydrogens (tertiary/aromatic N) is 2. The quantitative estimate of drug-likeness (QED) is 0.551. The van der Waals surface area contributed by atoms with E-state index in [9.17, 15) is 0 Å². The summed E-state index contributed by atoms with van der Waals surface area (Å²) in [6.45, 7) is 10.6. The van der Waals surface area contributed by atoms with Crippen LogP contribution in [0.1, 0.15) is 25.0 Å². The van der Waals surface area contributed by atoms with Gasteiger partial charge >= 0.3 is 0 Å². The zero-order valence-electron chi connectivity index (χ0n) is 20.8. The Morgan fingerprint density at radius 3 is 1.73 bits per heavy atom. The molecule has 0 heterocycles. The minimum atomic E-state index is -1.08. The van der Waals surface area contributed by atoms with Crippen molar-refractivity contribution < 1.29 is 9.90 Å². The first kappa shape index (κ1) is 25.7. The standard InChI is InChI=1S/C26H32N3.C2H4O2/c1-8-27-26-19(3)25(21-11-15-23(16-12-21)29(6)7)18(2)17-24(26)20-9-13-22(14-10-20)28(4)5;1-2(3)4/h9-17,27H,2,8H2,1,3-7H3;1H3,(H,3,4)/q+1;/p-1. The predicted octanol–water partition coefficient (Wildman–Crippen LogP) is 4.83. The second-order valence-corrected chi connectivity index (χ2v) is 8.36. The van der Waals surface area contributed by atoms with Gasteiger partial charge in [-0.1, -0.05) is 12.1 Å². The van der Waals surface area contributed by atoms with Crippen LogP contribution in [0.15, 0.2) is 54.6 Å². The Bertz CT molecular complexity index is 1070. The van der Waals surface area contributed by atoms with Crippen LogP contribution < -0.4 is 20.2 Å². The molecule has 0 spiro atoms. The number of hydrogen-bond donors (Lipinski definition) is 1. The highest BCUT2D eigenvalue weighted by Crippen LogP contribution is 2.40. The number of anilines is 3. The van der Waals surface area contributed by atoms with E-state index in [1.807, 2.05) is 0 Å². The lowest BCUT2D eigenvalue weighted by Crippen LogP contribution is -2.16. The number of carboxylic acids is 1. The zero-order chi connectivity index (χ0) is 24.7. The van der Waals surface area contributed by atoms with Crippen molar-refractivity contribution in [3.05, 3.63) is 72.6 Å².